The van der Waals surface area contributed by atoms with Crippen LogP contribution in [-0.4, -0.2) is 37.2 Å². The lowest BCUT2D eigenvalue weighted by atomic mass is 10.0. The Kier molecular flexibility index (Phi) is 9.99. The molecule has 0 radical (unpaired) electrons. The molecule has 0 aliphatic heterocycles. The number of rotatable bonds is 13. The number of aromatic nitrogens is 4. The van der Waals surface area contributed by atoms with Crippen LogP contribution >= 0.6 is 11.3 Å². The summed E-state index contributed by atoms with van der Waals surface area (Å²) in [6.45, 7) is 3.58. The molecule has 0 bridgehead atoms. The van der Waals surface area contributed by atoms with Crippen molar-refractivity contribution in [2.75, 3.05) is 5.32 Å². The molecule has 0 aliphatic carbocycles. The zero-order valence-electron chi connectivity index (χ0n) is 22.2. The second kappa shape index (κ2) is 13.8. The molecule has 4 rings (SSSR count). The van der Waals surface area contributed by atoms with E-state index in [-0.39, 0.29) is 24.0 Å². The number of aryl methyl sites for hydroxylation is 2. The molecular weight excluding hydrogens is 510 g/mol. The zero-order valence-corrected chi connectivity index (χ0v) is 23.0. The van der Waals surface area contributed by atoms with E-state index in [4.69, 9.17) is 0 Å². The lowest BCUT2D eigenvalue weighted by molar-refractivity contribution is -0.118. The van der Waals surface area contributed by atoms with Gasteiger partial charge in [0.25, 0.3) is 0 Å². The van der Waals surface area contributed by atoms with Gasteiger partial charge in [0.1, 0.15) is 10.8 Å². The summed E-state index contributed by atoms with van der Waals surface area (Å²) in [6.07, 6.45) is 3.35. The fourth-order valence-corrected chi connectivity index (χ4v) is 4.95. The van der Waals surface area contributed by atoms with Gasteiger partial charge < -0.3 is 10.4 Å². The number of unbranched alkanes of at least 4 members (excludes halogenated alkanes) is 1. The summed E-state index contributed by atoms with van der Waals surface area (Å²) in [5.41, 5.74) is 4.18. The molecular formula is C30H33N5O3S. The second-order valence-corrected chi connectivity index (χ2v) is 10.7. The third-order valence-corrected chi connectivity index (χ3v) is 7.35. The number of carbonyl (C=O) groups excluding carboxylic acids is 2. The van der Waals surface area contributed by atoms with Crippen molar-refractivity contribution in [2.45, 2.75) is 64.4 Å². The van der Waals surface area contributed by atoms with Crippen LogP contribution in [0.15, 0.2) is 66.7 Å². The van der Waals surface area contributed by atoms with E-state index in [9.17, 15) is 14.7 Å². The van der Waals surface area contributed by atoms with Crippen molar-refractivity contribution < 1.29 is 14.7 Å². The van der Waals surface area contributed by atoms with Crippen LogP contribution in [0.2, 0.25) is 0 Å². The Bertz CT molecular complexity index is 1370. The summed E-state index contributed by atoms with van der Waals surface area (Å²) in [5.74, 6) is -0.308. The van der Waals surface area contributed by atoms with E-state index in [1.807, 2.05) is 73.7 Å². The highest BCUT2D eigenvalue weighted by Gasteiger charge is 2.17. The third-order valence-electron chi connectivity index (χ3n) is 6.45. The van der Waals surface area contributed by atoms with E-state index < -0.39 is 6.10 Å². The number of hydrogen-bond donors (Lipinski definition) is 2. The zero-order chi connectivity index (χ0) is 27.6. The first-order valence-corrected chi connectivity index (χ1v) is 14.0. The Hall–Kier alpha value is -3.82. The standard InChI is InChI=1S/C30H33N5O3S/c1-20(23-10-4-3-5-11-23)29(38)31-30-35-34-28(39-30)14-7-6-13-25-15-16-26(33-32-25)19-27(37)18-22-9-8-12-24(17-22)21(2)36/h3-5,8-12,15-17,20-21,36H,6-7,13-14,18-19H2,1-2H3,(H,31,35,38). The monoisotopic (exact) mass is 543 g/mol. The van der Waals surface area contributed by atoms with Gasteiger partial charge in [0.05, 0.1) is 29.8 Å². The third kappa shape index (κ3) is 8.59. The van der Waals surface area contributed by atoms with E-state index in [2.05, 4.69) is 25.7 Å². The van der Waals surface area contributed by atoms with Gasteiger partial charge >= 0.3 is 0 Å². The van der Waals surface area contributed by atoms with Crippen LogP contribution in [0.1, 0.15) is 71.8 Å². The quantitative estimate of drug-likeness (QED) is 0.227. The van der Waals surface area contributed by atoms with Crippen molar-refractivity contribution in [3.8, 4) is 0 Å². The van der Waals surface area contributed by atoms with E-state index in [1.165, 1.54) is 11.3 Å². The van der Waals surface area contributed by atoms with Crippen molar-refractivity contribution in [3.05, 3.63) is 99.8 Å². The minimum absolute atomic E-state index is 0.0573. The van der Waals surface area contributed by atoms with E-state index >= 15 is 0 Å². The Morgan fingerprint density at radius 3 is 2.28 bits per heavy atom. The molecule has 2 unspecified atom stereocenters. The summed E-state index contributed by atoms with van der Waals surface area (Å²) < 4.78 is 0. The fourth-order valence-electron chi connectivity index (χ4n) is 4.16. The van der Waals surface area contributed by atoms with E-state index in [0.717, 1.165) is 53.1 Å². The number of amides is 1. The highest BCUT2D eigenvalue weighted by molar-refractivity contribution is 7.15. The molecule has 0 saturated carbocycles. The van der Waals surface area contributed by atoms with Crippen LogP contribution in [0.25, 0.3) is 0 Å². The first-order valence-electron chi connectivity index (χ1n) is 13.2. The number of carbonyl (C=O) groups is 2. The Labute approximate surface area is 232 Å². The largest absolute Gasteiger partial charge is 0.389 e. The average molecular weight is 544 g/mol. The van der Waals surface area contributed by atoms with Crippen LogP contribution < -0.4 is 5.32 Å². The Morgan fingerprint density at radius 2 is 1.54 bits per heavy atom. The molecule has 0 spiro atoms. The molecule has 202 valence electrons. The van der Waals surface area contributed by atoms with E-state index in [1.54, 1.807) is 6.92 Å². The Balaban J connectivity index is 1.17. The number of ketones is 1. The number of benzene rings is 2. The van der Waals surface area contributed by atoms with Gasteiger partial charge in [0.15, 0.2) is 0 Å². The van der Waals surface area contributed by atoms with Gasteiger partial charge in [0.2, 0.25) is 11.0 Å². The molecule has 4 aromatic rings. The molecule has 0 saturated heterocycles. The second-order valence-electron chi connectivity index (χ2n) is 9.66. The molecule has 2 aromatic carbocycles. The summed E-state index contributed by atoms with van der Waals surface area (Å²) in [4.78, 5) is 25.0. The van der Waals surface area contributed by atoms with Crippen molar-refractivity contribution in [1.29, 1.82) is 0 Å². The number of nitrogens with zero attached hydrogens (tertiary/aromatic N) is 4. The van der Waals surface area contributed by atoms with Gasteiger partial charge in [0, 0.05) is 12.8 Å². The average Bonchev–Trinajstić information content (AvgIpc) is 3.39. The van der Waals surface area contributed by atoms with Gasteiger partial charge in [-0.3, -0.25) is 9.59 Å². The maximum atomic E-state index is 12.5. The minimum Gasteiger partial charge on any atom is -0.389 e. The van der Waals surface area contributed by atoms with Crippen LogP contribution in [0.4, 0.5) is 5.13 Å². The van der Waals surface area contributed by atoms with Gasteiger partial charge in [-0.1, -0.05) is 65.9 Å². The topological polar surface area (TPSA) is 118 Å². The van der Waals surface area contributed by atoms with Crippen molar-refractivity contribution in [3.63, 3.8) is 0 Å². The summed E-state index contributed by atoms with van der Waals surface area (Å²) in [7, 11) is 0. The molecule has 1 amide bonds. The number of aliphatic hydroxyl groups excluding tert-OH is 1. The van der Waals surface area contributed by atoms with Crippen molar-refractivity contribution in [1.82, 2.24) is 20.4 Å². The molecule has 2 atom stereocenters. The highest BCUT2D eigenvalue weighted by atomic mass is 32.1. The fraction of sp³-hybridized carbons (Fsp3) is 0.333. The predicted octanol–water partition coefficient (Wildman–Crippen LogP) is 5.04. The molecule has 9 heteroatoms. The number of anilines is 1. The van der Waals surface area contributed by atoms with Gasteiger partial charge in [-0.2, -0.15) is 10.2 Å². The molecule has 8 nitrogen and oxygen atoms in total. The number of hydrogen-bond acceptors (Lipinski definition) is 8. The molecule has 39 heavy (non-hydrogen) atoms. The van der Waals surface area contributed by atoms with Crippen LogP contribution in [0, 0.1) is 0 Å². The lowest BCUT2D eigenvalue weighted by Gasteiger charge is -2.10. The maximum absolute atomic E-state index is 12.5. The molecule has 2 heterocycles. The first kappa shape index (κ1) is 28.2. The minimum atomic E-state index is -0.559. The maximum Gasteiger partial charge on any atom is 0.233 e. The Morgan fingerprint density at radius 1 is 0.821 bits per heavy atom. The number of aliphatic hydroxyl groups is 1. The van der Waals surface area contributed by atoms with Crippen LogP contribution in [-0.2, 0) is 35.3 Å². The number of Topliss-reactive ketones (excluding diaryl/α,β-unsaturated/α-hetero) is 1. The predicted molar refractivity (Wildman–Crippen MR) is 152 cm³/mol. The molecule has 0 fully saturated rings. The summed E-state index contributed by atoms with van der Waals surface area (Å²) in [5, 5.41) is 30.9. The summed E-state index contributed by atoms with van der Waals surface area (Å²) >= 11 is 1.40. The van der Waals surface area contributed by atoms with Gasteiger partial charge in [-0.25, -0.2) is 0 Å². The van der Waals surface area contributed by atoms with Crippen LogP contribution in [0.3, 0.4) is 0 Å². The molecule has 2 aromatic heterocycles. The molecule has 0 aliphatic rings. The van der Waals surface area contributed by atoms with Crippen LogP contribution in [0.5, 0.6) is 0 Å². The van der Waals surface area contributed by atoms with Crippen molar-refractivity contribution in [2.24, 2.45) is 0 Å². The molecule has 2 N–H and O–H groups in total. The van der Waals surface area contributed by atoms with Crippen molar-refractivity contribution >= 4 is 28.2 Å². The number of nitrogens with one attached hydrogen (secondary N) is 1. The lowest BCUT2D eigenvalue weighted by Crippen LogP contribution is -2.18. The van der Waals surface area contributed by atoms with Gasteiger partial charge in [-0.15, -0.1) is 10.2 Å². The van der Waals surface area contributed by atoms with E-state index in [0.29, 0.717) is 17.2 Å². The smallest absolute Gasteiger partial charge is 0.233 e. The summed E-state index contributed by atoms with van der Waals surface area (Å²) in [6, 6.07) is 20.9. The SMILES string of the molecule is CC(O)c1cccc(CC(=O)Cc2ccc(CCCCc3nnc(NC(=O)C(C)c4ccccc4)s3)nn2)c1. The highest BCUT2D eigenvalue weighted by Crippen LogP contribution is 2.21. The normalized spacial score (nSPS) is 12.6. The first-order chi connectivity index (χ1) is 18.9. The van der Waals surface area contributed by atoms with Gasteiger partial charge in [-0.05, 0) is 61.9 Å².